The van der Waals surface area contributed by atoms with E-state index >= 15 is 0 Å². The third-order valence-electron chi connectivity index (χ3n) is 5.92. The van der Waals surface area contributed by atoms with Gasteiger partial charge in [0.1, 0.15) is 6.04 Å². The number of carbonyl (C=O) groups excluding carboxylic acids is 3. The summed E-state index contributed by atoms with van der Waals surface area (Å²) < 4.78 is 2.00. The van der Waals surface area contributed by atoms with Crippen LogP contribution in [0.1, 0.15) is 39.1 Å². The number of nitrogens with zero attached hydrogens (tertiary/aromatic N) is 2. The van der Waals surface area contributed by atoms with Crippen LogP contribution in [-0.4, -0.2) is 39.8 Å². The highest BCUT2D eigenvalue weighted by molar-refractivity contribution is 6.11. The second-order valence-corrected chi connectivity index (χ2v) is 7.95. The molecule has 31 heavy (non-hydrogen) atoms. The molecule has 1 atom stereocenters. The lowest BCUT2D eigenvalue weighted by molar-refractivity contribution is -0.119. The fourth-order valence-corrected chi connectivity index (χ4v) is 4.35. The Morgan fingerprint density at radius 1 is 1.10 bits per heavy atom. The van der Waals surface area contributed by atoms with Gasteiger partial charge in [0, 0.05) is 35.9 Å². The molecule has 0 radical (unpaired) electrons. The van der Waals surface area contributed by atoms with Crippen LogP contribution in [0.4, 0.5) is 11.4 Å². The number of hydrogen-bond acceptors (Lipinski definition) is 3. The first kappa shape index (κ1) is 19.1. The fraction of sp³-hybridized carbons (Fsp3) is 0.208. The Morgan fingerprint density at radius 2 is 1.90 bits per heavy atom. The Kier molecular flexibility index (Phi) is 4.58. The molecule has 1 saturated heterocycles. The third kappa shape index (κ3) is 3.38. The Morgan fingerprint density at radius 3 is 2.68 bits per heavy atom. The number of nitrogens with one attached hydrogen (secondary N) is 2. The minimum absolute atomic E-state index is 0.153. The average molecular weight is 414 g/mol. The van der Waals surface area contributed by atoms with Crippen LogP contribution in [0.3, 0.4) is 0 Å². The van der Waals surface area contributed by atoms with E-state index in [2.05, 4.69) is 10.6 Å². The lowest BCUT2D eigenvalue weighted by Gasteiger charge is -2.20. The third-order valence-corrected chi connectivity index (χ3v) is 5.92. The quantitative estimate of drug-likeness (QED) is 0.687. The van der Waals surface area contributed by atoms with Crippen LogP contribution in [0.2, 0.25) is 0 Å². The Hall–Kier alpha value is -3.87. The van der Waals surface area contributed by atoms with Gasteiger partial charge in [0.15, 0.2) is 0 Å². The van der Waals surface area contributed by atoms with Crippen molar-refractivity contribution in [2.45, 2.75) is 25.8 Å². The molecule has 0 unspecified atom stereocenters. The highest BCUT2D eigenvalue weighted by atomic mass is 16.2. The van der Waals surface area contributed by atoms with E-state index in [1.165, 1.54) is 0 Å². The molecule has 3 amide bonds. The topological polar surface area (TPSA) is 83.4 Å². The minimum atomic E-state index is -0.417. The molecular formula is C24H22N4O3. The molecule has 2 aromatic carbocycles. The number of carbonyl (C=O) groups is 3. The normalized spacial score (nSPS) is 17.6. The summed E-state index contributed by atoms with van der Waals surface area (Å²) in [5, 5.41) is 5.72. The van der Waals surface area contributed by atoms with E-state index in [0.717, 1.165) is 17.7 Å². The van der Waals surface area contributed by atoms with Crippen molar-refractivity contribution < 1.29 is 14.4 Å². The number of aromatic nitrogens is 1. The Labute approximate surface area is 179 Å². The van der Waals surface area contributed by atoms with Crippen LogP contribution in [0, 0.1) is 6.92 Å². The summed E-state index contributed by atoms with van der Waals surface area (Å²) in [4.78, 5) is 39.9. The summed E-state index contributed by atoms with van der Waals surface area (Å²) in [6.07, 6.45) is 5.40. The first-order chi connectivity index (χ1) is 15.0. The second-order valence-electron chi connectivity index (χ2n) is 7.95. The number of fused-ring (bicyclic) bond motifs is 2. The summed E-state index contributed by atoms with van der Waals surface area (Å²) >= 11 is 0. The zero-order valence-corrected chi connectivity index (χ0v) is 17.1. The van der Waals surface area contributed by atoms with Crippen LogP contribution in [-0.2, 0) is 4.79 Å². The zero-order valence-electron chi connectivity index (χ0n) is 17.1. The van der Waals surface area contributed by atoms with Crippen molar-refractivity contribution in [2.24, 2.45) is 0 Å². The molecule has 3 heterocycles. The van der Waals surface area contributed by atoms with Gasteiger partial charge < -0.3 is 20.1 Å². The SMILES string of the molecule is Cc1cc(C(=O)Nc2ccc3c(c2)C(=O)N2CCC[C@@H]2C(=O)N3)ccc1-n1cccc1. The molecule has 156 valence electrons. The lowest BCUT2D eigenvalue weighted by atomic mass is 10.1. The molecular weight excluding hydrogens is 392 g/mol. The van der Waals surface area contributed by atoms with Crippen LogP contribution in [0.15, 0.2) is 60.9 Å². The predicted octanol–water partition coefficient (Wildman–Crippen LogP) is 3.59. The van der Waals surface area contributed by atoms with Crippen LogP contribution < -0.4 is 10.6 Å². The predicted molar refractivity (Wildman–Crippen MR) is 118 cm³/mol. The maximum absolute atomic E-state index is 13.0. The van der Waals surface area contributed by atoms with Crippen molar-refractivity contribution in [3.63, 3.8) is 0 Å². The van der Waals surface area contributed by atoms with Crippen LogP contribution in [0.25, 0.3) is 5.69 Å². The van der Waals surface area contributed by atoms with E-state index < -0.39 is 6.04 Å². The van der Waals surface area contributed by atoms with Gasteiger partial charge in [0.2, 0.25) is 5.91 Å². The van der Waals surface area contributed by atoms with E-state index in [-0.39, 0.29) is 17.7 Å². The molecule has 0 saturated carbocycles. The molecule has 3 aromatic rings. The van der Waals surface area contributed by atoms with Crippen LogP contribution >= 0.6 is 0 Å². The van der Waals surface area contributed by atoms with Crippen molar-refractivity contribution in [1.29, 1.82) is 0 Å². The number of rotatable bonds is 3. The molecule has 1 aromatic heterocycles. The summed E-state index contributed by atoms with van der Waals surface area (Å²) in [6, 6.07) is 14.0. The average Bonchev–Trinajstić information content (AvgIpc) is 3.45. The van der Waals surface area contributed by atoms with E-state index in [9.17, 15) is 14.4 Å². The van der Waals surface area contributed by atoms with Gasteiger partial charge in [0.25, 0.3) is 11.8 Å². The van der Waals surface area contributed by atoms with Crippen molar-refractivity contribution in [1.82, 2.24) is 9.47 Å². The maximum atomic E-state index is 13.0. The maximum Gasteiger partial charge on any atom is 0.256 e. The van der Waals surface area contributed by atoms with Gasteiger partial charge in [-0.1, -0.05) is 0 Å². The van der Waals surface area contributed by atoms with E-state index in [4.69, 9.17) is 0 Å². The van der Waals surface area contributed by atoms with Gasteiger partial charge in [-0.25, -0.2) is 0 Å². The molecule has 0 bridgehead atoms. The number of anilines is 2. The summed E-state index contributed by atoms with van der Waals surface area (Å²) in [6.45, 7) is 2.53. The molecule has 5 rings (SSSR count). The molecule has 0 aliphatic carbocycles. The molecule has 2 N–H and O–H groups in total. The number of benzene rings is 2. The van der Waals surface area contributed by atoms with Gasteiger partial charge in [0.05, 0.1) is 11.3 Å². The standard InChI is InChI=1S/C24H22N4O3/c1-15-13-16(6-9-20(15)27-10-2-3-11-27)22(29)25-17-7-8-19-18(14-17)24(31)28-12-4-5-21(28)23(30)26-19/h2-3,6-11,13-14,21H,4-5,12H2,1H3,(H,25,29)(H,26,30)/t21-/m1/s1. The molecule has 7 nitrogen and oxygen atoms in total. The summed E-state index contributed by atoms with van der Waals surface area (Å²) in [5.74, 6) is -0.593. The molecule has 2 aliphatic rings. The first-order valence-corrected chi connectivity index (χ1v) is 10.3. The monoisotopic (exact) mass is 414 g/mol. The highest BCUT2D eigenvalue weighted by Crippen LogP contribution is 2.30. The van der Waals surface area contributed by atoms with Crippen molar-refractivity contribution in [2.75, 3.05) is 17.2 Å². The van der Waals surface area contributed by atoms with E-state index in [1.54, 1.807) is 29.2 Å². The number of amides is 3. The molecule has 2 aliphatic heterocycles. The first-order valence-electron chi connectivity index (χ1n) is 10.3. The largest absolute Gasteiger partial charge is 0.327 e. The van der Waals surface area contributed by atoms with Crippen molar-refractivity contribution >= 4 is 29.1 Å². The highest BCUT2D eigenvalue weighted by Gasteiger charge is 2.38. The Bertz CT molecular complexity index is 1200. The summed E-state index contributed by atoms with van der Waals surface area (Å²) in [5.41, 5.74) is 3.90. The van der Waals surface area contributed by atoms with E-state index in [0.29, 0.717) is 35.5 Å². The Balaban J connectivity index is 1.39. The van der Waals surface area contributed by atoms with Crippen molar-refractivity contribution in [3.8, 4) is 5.69 Å². The summed E-state index contributed by atoms with van der Waals surface area (Å²) in [7, 11) is 0. The lowest BCUT2D eigenvalue weighted by Crippen LogP contribution is -2.40. The van der Waals surface area contributed by atoms with Gasteiger partial charge >= 0.3 is 0 Å². The minimum Gasteiger partial charge on any atom is -0.327 e. The van der Waals surface area contributed by atoms with Crippen molar-refractivity contribution in [3.05, 3.63) is 77.6 Å². The second kappa shape index (κ2) is 7.43. The van der Waals surface area contributed by atoms with Gasteiger partial charge in [-0.05, 0) is 73.9 Å². The van der Waals surface area contributed by atoms with Gasteiger partial charge in [-0.2, -0.15) is 0 Å². The fourth-order valence-electron chi connectivity index (χ4n) is 4.35. The molecule has 1 fully saturated rings. The number of aryl methyl sites for hydroxylation is 1. The zero-order chi connectivity index (χ0) is 21.5. The molecule has 0 spiro atoms. The smallest absolute Gasteiger partial charge is 0.256 e. The number of hydrogen-bond donors (Lipinski definition) is 2. The van der Waals surface area contributed by atoms with Crippen LogP contribution in [0.5, 0.6) is 0 Å². The molecule has 7 heteroatoms. The van der Waals surface area contributed by atoms with Gasteiger partial charge in [-0.15, -0.1) is 0 Å². The van der Waals surface area contributed by atoms with Gasteiger partial charge in [-0.3, -0.25) is 14.4 Å². The van der Waals surface area contributed by atoms with E-state index in [1.807, 2.05) is 48.1 Å².